The number of allylic oxidation sites excluding steroid dienone is 1. The molecule has 1 aliphatic heterocycles. The van der Waals surface area contributed by atoms with Crippen molar-refractivity contribution in [2.75, 3.05) is 0 Å². The van der Waals surface area contributed by atoms with Crippen molar-refractivity contribution in [3.05, 3.63) is 23.3 Å². The molecule has 35 heavy (non-hydrogen) atoms. The first kappa shape index (κ1) is 25.7. The molecular formula is C31H48O4. The molecule has 10 atom stereocenters. The highest BCUT2D eigenvalue weighted by atomic mass is 16.6. The number of aliphatic hydroxyl groups excluding tert-OH is 2. The van der Waals surface area contributed by atoms with Crippen LogP contribution in [0, 0.1) is 39.9 Å². The summed E-state index contributed by atoms with van der Waals surface area (Å²) in [5, 5.41) is 22.0. The van der Waals surface area contributed by atoms with Gasteiger partial charge in [-0.05, 0) is 85.5 Å². The molecule has 0 radical (unpaired) electrons. The molecule has 0 amide bonds. The van der Waals surface area contributed by atoms with Crippen molar-refractivity contribution in [1.82, 2.24) is 0 Å². The summed E-state index contributed by atoms with van der Waals surface area (Å²) < 4.78 is 6.67. The Bertz CT molecular complexity index is 963. The third kappa shape index (κ3) is 3.45. The summed E-state index contributed by atoms with van der Waals surface area (Å²) in [6.45, 7) is 19.8. The van der Waals surface area contributed by atoms with Gasteiger partial charge in [-0.25, -0.2) is 0 Å². The van der Waals surface area contributed by atoms with Gasteiger partial charge in [0.2, 0.25) is 0 Å². The minimum absolute atomic E-state index is 0.110. The fourth-order valence-corrected chi connectivity index (χ4v) is 9.40. The lowest BCUT2D eigenvalue weighted by molar-refractivity contribution is -0.120. The van der Waals surface area contributed by atoms with E-state index >= 15 is 0 Å². The molecule has 4 nitrogen and oxygen atoms in total. The highest BCUT2D eigenvalue weighted by Gasteiger charge is 2.76. The maximum atomic E-state index is 13.1. The van der Waals surface area contributed by atoms with Gasteiger partial charge in [0.05, 0.1) is 18.3 Å². The number of ketones is 1. The second-order valence-electron chi connectivity index (χ2n) is 14.2. The van der Waals surface area contributed by atoms with E-state index in [1.165, 1.54) is 5.57 Å². The molecule has 0 bridgehead atoms. The number of aliphatic hydroxyl groups is 2. The van der Waals surface area contributed by atoms with Gasteiger partial charge >= 0.3 is 0 Å². The molecule has 4 aliphatic carbocycles. The van der Waals surface area contributed by atoms with Crippen LogP contribution in [0.1, 0.15) is 99.8 Å². The SMILES string of the molecule is C=C(C)[C@@H](C)C[C@@H](O)[C@@H](C)[C@H]1CC[C@@]2(C)[C@@H]3CCC4=C(C[C@]35O[C@@H]5C[C@]12C)C(=O)C[C@H](O)C4(C)C. The van der Waals surface area contributed by atoms with Gasteiger partial charge in [0, 0.05) is 18.3 Å². The summed E-state index contributed by atoms with van der Waals surface area (Å²) >= 11 is 0. The lowest BCUT2D eigenvalue weighted by atomic mass is 9.48. The number of rotatable bonds is 5. The number of hydrogen-bond acceptors (Lipinski definition) is 4. The maximum absolute atomic E-state index is 13.1. The van der Waals surface area contributed by atoms with E-state index in [4.69, 9.17) is 4.74 Å². The summed E-state index contributed by atoms with van der Waals surface area (Å²) in [4.78, 5) is 13.1. The zero-order valence-electron chi connectivity index (χ0n) is 23.1. The predicted octanol–water partition coefficient (Wildman–Crippen LogP) is 6.01. The van der Waals surface area contributed by atoms with Gasteiger partial charge in [-0.15, -0.1) is 0 Å². The summed E-state index contributed by atoms with van der Waals surface area (Å²) in [6.07, 6.45) is 6.31. The van der Waals surface area contributed by atoms with Gasteiger partial charge in [-0.3, -0.25) is 4.79 Å². The summed E-state index contributed by atoms with van der Waals surface area (Å²) in [7, 11) is 0. The second kappa shape index (κ2) is 8.01. The molecule has 5 aliphatic rings. The van der Waals surface area contributed by atoms with Crippen LogP contribution < -0.4 is 0 Å². The van der Waals surface area contributed by atoms with Gasteiger partial charge in [0.15, 0.2) is 5.78 Å². The minimum Gasteiger partial charge on any atom is -0.393 e. The minimum atomic E-state index is -0.594. The Hall–Kier alpha value is -0.970. The smallest absolute Gasteiger partial charge is 0.161 e. The number of carbonyl (C=O) groups is 1. The van der Waals surface area contributed by atoms with E-state index in [0.29, 0.717) is 17.8 Å². The molecule has 0 aromatic rings. The van der Waals surface area contributed by atoms with E-state index in [0.717, 1.165) is 56.1 Å². The Morgan fingerprint density at radius 2 is 1.86 bits per heavy atom. The third-order valence-electron chi connectivity index (χ3n) is 12.4. The number of ether oxygens (including phenoxy) is 1. The molecule has 0 unspecified atom stereocenters. The Morgan fingerprint density at radius 3 is 2.51 bits per heavy atom. The Balaban J connectivity index is 1.44. The average molecular weight is 485 g/mol. The molecule has 2 saturated carbocycles. The largest absolute Gasteiger partial charge is 0.393 e. The van der Waals surface area contributed by atoms with E-state index < -0.39 is 6.10 Å². The molecule has 0 aromatic carbocycles. The molecule has 0 aromatic heterocycles. The van der Waals surface area contributed by atoms with Gasteiger partial charge in [-0.2, -0.15) is 0 Å². The molecule has 3 fully saturated rings. The average Bonchev–Trinajstić information content (AvgIpc) is 3.43. The van der Waals surface area contributed by atoms with Gasteiger partial charge < -0.3 is 14.9 Å². The molecule has 5 rings (SSSR count). The Labute approximate surface area is 212 Å². The first-order chi connectivity index (χ1) is 16.2. The molecular weight excluding hydrogens is 436 g/mol. The van der Waals surface area contributed by atoms with E-state index in [9.17, 15) is 15.0 Å². The van der Waals surface area contributed by atoms with Crippen LogP contribution in [0.5, 0.6) is 0 Å². The van der Waals surface area contributed by atoms with Crippen LogP contribution in [-0.2, 0) is 9.53 Å². The zero-order chi connectivity index (χ0) is 25.7. The van der Waals surface area contributed by atoms with Crippen molar-refractivity contribution in [2.24, 2.45) is 39.9 Å². The van der Waals surface area contributed by atoms with Crippen LogP contribution in [0.2, 0.25) is 0 Å². The zero-order valence-corrected chi connectivity index (χ0v) is 23.1. The first-order valence-corrected chi connectivity index (χ1v) is 14.1. The summed E-state index contributed by atoms with van der Waals surface area (Å²) in [5.74, 6) is 1.58. The fourth-order valence-electron chi connectivity index (χ4n) is 9.40. The standard InChI is InChI=1S/C31H48O4/c1-17(2)18(3)13-23(32)19(4)21-11-12-29(7)25-10-9-22-20(24(33)14-26(34)28(22,5)6)15-31(25)27(35-31)16-30(21,29)8/h18-19,21,23,25-27,32,34H,1,9-16H2,2-8H3/t18-,19-,21+,23+,25-,26-,27+,29-,30+,31-/m0/s1. The topological polar surface area (TPSA) is 70.1 Å². The summed E-state index contributed by atoms with van der Waals surface area (Å²) in [6, 6.07) is 0. The van der Waals surface area contributed by atoms with Crippen LogP contribution in [-0.4, -0.2) is 39.9 Å². The quantitative estimate of drug-likeness (QED) is 0.370. The molecule has 4 heteroatoms. The summed E-state index contributed by atoms with van der Waals surface area (Å²) in [5.41, 5.74) is 2.99. The third-order valence-corrected chi connectivity index (χ3v) is 12.4. The Kier molecular flexibility index (Phi) is 5.88. The molecule has 1 heterocycles. The highest BCUT2D eigenvalue weighted by molar-refractivity contribution is 5.98. The maximum Gasteiger partial charge on any atom is 0.161 e. The van der Waals surface area contributed by atoms with Crippen molar-refractivity contribution < 1.29 is 19.7 Å². The van der Waals surface area contributed by atoms with Gasteiger partial charge in [0.25, 0.3) is 0 Å². The normalized spacial score (nSPS) is 46.5. The molecule has 1 spiro atoms. The van der Waals surface area contributed by atoms with Gasteiger partial charge in [0.1, 0.15) is 5.60 Å². The van der Waals surface area contributed by atoms with E-state index in [1.54, 1.807) is 0 Å². The van der Waals surface area contributed by atoms with Crippen LogP contribution in [0.4, 0.5) is 0 Å². The van der Waals surface area contributed by atoms with Crippen LogP contribution in [0.3, 0.4) is 0 Å². The first-order valence-electron chi connectivity index (χ1n) is 14.1. The number of carbonyl (C=O) groups excluding carboxylic acids is 1. The van der Waals surface area contributed by atoms with Gasteiger partial charge in [-0.1, -0.05) is 59.3 Å². The van der Waals surface area contributed by atoms with Crippen LogP contribution >= 0.6 is 0 Å². The monoisotopic (exact) mass is 484 g/mol. The predicted molar refractivity (Wildman–Crippen MR) is 139 cm³/mol. The van der Waals surface area contributed by atoms with E-state index in [1.807, 2.05) is 0 Å². The van der Waals surface area contributed by atoms with Crippen LogP contribution in [0.25, 0.3) is 0 Å². The van der Waals surface area contributed by atoms with Crippen LogP contribution in [0.15, 0.2) is 23.3 Å². The number of fused-ring (bicyclic) bond motifs is 2. The van der Waals surface area contributed by atoms with Crippen molar-refractivity contribution in [3.63, 3.8) is 0 Å². The lowest BCUT2D eigenvalue weighted by Crippen LogP contribution is -2.54. The molecule has 196 valence electrons. The van der Waals surface area contributed by atoms with E-state index in [2.05, 4.69) is 55.0 Å². The van der Waals surface area contributed by atoms with Crippen molar-refractivity contribution in [1.29, 1.82) is 0 Å². The number of epoxide rings is 1. The highest BCUT2D eigenvalue weighted by Crippen LogP contribution is 2.76. The second-order valence-corrected chi connectivity index (χ2v) is 14.2. The van der Waals surface area contributed by atoms with Crippen molar-refractivity contribution in [3.8, 4) is 0 Å². The molecule has 2 N–H and O–H groups in total. The lowest BCUT2D eigenvalue weighted by Gasteiger charge is -2.55. The molecule has 1 saturated heterocycles. The van der Waals surface area contributed by atoms with Crippen molar-refractivity contribution >= 4 is 5.78 Å². The number of hydrogen-bond donors (Lipinski definition) is 2. The fraction of sp³-hybridized carbons (Fsp3) is 0.839. The van der Waals surface area contributed by atoms with Crippen molar-refractivity contribution in [2.45, 2.75) is 124 Å². The Morgan fingerprint density at radius 1 is 1.17 bits per heavy atom. The van der Waals surface area contributed by atoms with E-state index in [-0.39, 0.29) is 52.2 Å². The number of Topliss-reactive ketones (excluding diaryl/α,β-unsaturated/α-hetero) is 1.